The SMILES string of the molecule is OC(CN1CCCCC1)Cn1c2ccccc2c2cc(I)ccc21. The third-order valence-electron chi connectivity index (χ3n) is 5.05. The number of para-hydroxylation sites is 1. The molecule has 0 radical (unpaired) electrons. The van der Waals surface area contributed by atoms with Crippen LogP contribution < -0.4 is 0 Å². The summed E-state index contributed by atoms with van der Waals surface area (Å²) in [5.41, 5.74) is 2.43. The highest BCUT2D eigenvalue weighted by Crippen LogP contribution is 2.30. The molecule has 0 aliphatic carbocycles. The first-order chi connectivity index (χ1) is 11.7. The van der Waals surface area contributed by atoms with E-state index in [1.165, 1.54) is 44.6 Å². The summed E-state index contributed by atoms with van der Waals surface area (Å²) in [7, 11) is 0. The lowest BCUT2D eigenvalue weighted by Gasteiger charge is -2.28. The molecule has 4 rings (SSSR count). The molecule has 1 aromatic heterocycles. The van der Waals surface area contributed by atoms with Crippen LogP contribution in [0.2, 0.25) is 0 Å². The van der Waals surface area contributed by atoms with Crippen LogP contribution in [0, 0.1) is 3.57 Å². The van der Waals surface area contributed by atoms with Gasteiger partial charge in [-0.05, 0) is 72.8 Å². The minimum Gasteiger partial charge on any atom is -0.390 e. The Morgan fingerprint density at radius 3 is 2.50 bits per heavy atom. The maximum atomic E-state index is 10.7. The molecule has 1 N–H and O–H groups in total. The third-order valence-corrected chi connectivity index (χ3v) is 5.72. The zero-order valence-corrected chi connectivity index (χ0v) is 15.9. The highest BCUT2D eigenvalue weighted by Gasteiger charge is 2.17. The molecule has 1 aliphatic rings. The van der Waals surface area contributed by atoms with Crippen LogP contribution in [0.4, 0.5) is 0 Å². The van der Waals surface area contributed by atoms with Crippen molar-refractivity contribution in [2.45, 2.75) is 31.9 Å². The van der Waals surface area contributed by atoms with Crippen LogP contribution in [0.3, 0.4) is 0 Å². The number of nitrogens with zero attached hydrogens (tertiary/aromatic N) is 2. The molecule has 0 bridgehead atoms. The van der Waals surface area contributed by atoms with Crippen LogP contribution in [-0.2, 0) is 6.54 Å². The number of fused-ring (bicyclic) bond motifs is 3. The van der Waals surface area contributed by atoms with E-state index in [-0.39, 0.29) is 6.10 Å². The summed E-state index contributed by atoms with van der Waals surface area (Å²) in [4.78, 5) is 2.41. The maximum absolute atomic E-state index is 10.7. The van der Waals surface area contributed by atoms with E-state index in [1.807, 2.05) is 0 Å². The Morgan fingerprint density at radius 1 is 0.917 bits per heavy atom. The Bertz CT molecular complexity index is 851. The molecular formula is C20H23IN2O. The van der Waals surface area contributed by atoms with Gasteiger partial charge in [0.05, 0.1) is 12.6 Å². The Kier molecular flexibility index (Phi) is 4.79. The molecule has 4 heteroatoms. The van der Waals surface area contributed by atoms with Crippen molar-refractivity contribution in [2.75, 3.05) is 19.6 Å². The van der Waals surface area contributed by atoms with Crippen LogP contribution >= 0.6 is 22.6 Å². The minimum absolute atomic E-state index is 0.332. The summed E-state index contributed by atoms with van der Waals surface area (Å²) in [5, 5.41) is 13.2. The van der Waals surface area contributed by atoms with Crippen LogP contribution in [0.15, 0.2) is 42.5 Å². The molecule has 2 heterocycles. The second-order valence-electron chi connectivity index (χ2n) is 6.80. The summed E-state index contributed by atoms with van der Waals surface area (Å²) in [5.74, 6) is 0. The number of aliphatic hydroxyl groups is 1. The molecular weight excluding hydrogens is 411 g/mol. The summed E-state index contributed by atoms with van der Waals surface area (Å²) in [6, 6.07) is 15.1. The molecule has 3 aromatic rings. The van der Waals surface area contributed by atoms with E-state index < -0.39 is 0 Å². The van der Waals surface area contributed by atoms with E-state index in [0.717, 1.165) is 19.6 Å². The van der Waals surface area contributed by atoms with Gasteiger partial charge in [0, 0.05) is 31.9 Å². The van der Waals surface area contributed by atoms with Gasteiger partial charge in [0.25, 0.3) is 0 Å². The largest absolute Gasteiger partial charge is 0.390 e. The fourth-order valence-electron chi connectivity index (χ4n) is 3.93. The molecule has 1 atom stereocenters. The van der Waals surface area contributed by atoms with Crippen molar-refractivity contribution in [3.05, 3.63) is 46.0 Å². The fraction of sp³-hybridized carbons (Fsp3) is 0.400. The first kappa shape index (κ1) is 16.4. The van der Waals surface area contributed by atoms with Gasteiger partial charge in [-0.15, -0.1) is 0 Å². The maximum Gasteiger partial charge on any atom is 0.0845 e. The summed E-state index contributed by atoms with van der Waals surface area (Å²) in [6.07, 6.45) is 3.53. The summed E-state index contributed by atoms with van der Waals surface area (Å²) in [6.45, 7) is 3.68. The van der Waals surface area contributed by atoms with Crippen molar-refractivity contribution in [3.63, 3.8) is 0 Å². The number of likely N-dealkylation sites (tertiary alicyclic amines) is 1. The lowest BCUT2D eigenvalue weighted by molar-refractivity contribution is 0.0901. The molecule has 1 unspecified atom stereocenters. The number of aromatic nitrogens is 1. The Hall–Kier alpha value is -1.11. The van der Waals surface area contributed by atoms with E-state index in [9.17, 15) is 5.11 Å². The minimum atomic E-state index is -0.332. The van der Waals surface area contributed by atoms with Crippen molar-refractivity contribution in [2.24, 2.45) is 0 Å². The molecule has 0 amide bonds. The number of rotatable bonds is 4. The molecule has 24 heavy (non-hydrogen) atoms. The van der Waals surface area contributed by atoms with Crippen molar-refractivity contribution in [1.82, 2.24) is 9.47 Å². The van der Waals surface area contributed by atoms with Crippen LogP contribution in [0.1, 0.15) is 19.3 Å². The van der Waals surface area contributed by atoms with Crippen molar-refractivity contribution >= 4 is 44.4 Å². The normalized spacial score (nSPS) is 17.6. The lowest BCUT2D eigenvalue weighted by Crippen LogP contribution is -2.38. The molecule has 1 fully saturated rings. The first-order valence-corrected chi connectivity index (χ1v) is 9.87. The van der Waals surface area contributed by atoms with E-state index in [4.69, 9.17) is 0 Å². The van der Waals surface area contributed by atoms with Gasteiger partial charge in [-0.25, -0.2) is 0 Å². The van der Waals surface area contributed by atoms with Gasteiger partial charge in [-0.1, -0.05) is 24.6 Å². The van der Waals surface area contributed by atoms with Gasteiger partial charge in [0.1, 0.15) is 0 Å². The number of halogens is 1. The molecule has 1 aliphatic heterocycles. The zero-order valence-electron chi connectivity index (χ0n) is 13.8. The first-order valence-electron chi connectivity index (χ1n) is 8.79. The molecule has 3 nitrogen and oxygen atoms in total. The highest BCUT2D eigenvalue weighted by molar-refractivity contribution is 14.1. The molecule has 126 valence electrons. The van der Waals surface area contributed by atoms with Crippen molar-refractivity contribution < 1.29 is 5.11 Å². The Morgan fingerprint density at radius 2 is 1.67 bits per heavy atom. The second kappa shape index (κ2) is 7.02. The number of aliphatic hydroxyl groups excluding tert-OH is 1. The number of hydrogen-bond donors (Lipinski definition) is 1. The quantitative estimate of drug-likeness (QED) is 0.623. The zero-order chi connectivity index (χ0) is 16.5. The highest BCUT2D eigenvalue weighted by atomic mass is 127. The Labute approximate surface area is 156 Å². The van der Waals surface area contributed by atoms with E-state index >= 15 is 0 Å². The van der Waals surface area contributed by atoms with Gasteiger partial charge < -0.3 is 14.6 Å². The monoisotopic (exact) mass is 434 g/mol. The fourth-order valence-corrected chi connectivity index (χ4v) is 4.42. The van der Waals surface area contributed by atoms with E-state index in [2.05, 4.69) is 74.5 Å². The standard InChI is InChI=1S/C20H23IN2O/c21-15-8-9-20-18(12-15)17-6-2-3-7-19(17)23(20)14-16(24)13-22-10-4-1-5-11-22/h2-3,6-9,12,16,24H,1,4-5,10-11,13-14H2. The Balaban J connectivity index is 1.67. The van der Waals surface area contributed by atoms with Crippen molar-refractivity contribution in [1.29, 1.82) is 0 Å². The number of piperidine rings is 1. The van der Waals surface area contributed by atoms with Gasteiger partial charge >= 0.3 is 0 Å². The predicted octanol–water partition coefficient (Wildman–Crippen LogP) is 4.25. The van der Waals surface area contributed by atoms with Gasteiger partial charge in [-0.2, -0.15) is 0 Å². The lowest BCUT2D eigenvalue weighted by atomic mass is 10.1. The second-order valence-corrected chi connectivity index (χ2v) is 8.05. The third kappa shape index (κ3) is 3.19. The summed E-state index contributed by atoms with van der Waals surface area (Å²) < 4.78 is 3.53. The van der Waals surface area contributed by atoms with Crippen LogP contribution in [-0.4, -0.2) is 40.3 Å². The molecule has 2 aromatic carbocycles. The van der Waals surface area contributed by atoms with E-state index in [0.29, 0.717) is 6.54 Å². The van der Waals surface area contributed by atoms with Crippen molar-refractivity contribution in [3.8, 4) is 0 Å². The number of benzene rings is 2. The van der Waals surface area contributed by atoms with Gasteiger partial charge in [-0.3, -0.25) is 0 Å². The molecule has 0 spiro atoms. The smallest absolute Gasteiger partial charge is 0.0845 e. The van der Waals surface area contributed by atoms with Crippen LogP contribution in [0.25, 0.3) is 21.8 Å². The average molecular weight is 434 g/mol. The number of β-amino-alcohol motifs (C(OH)–C–C–N with tert-alkyl or cyclic N) is 1. The van der Waals surface area contributed by atoms with E-state index in [1.54, 1.807) is 0 Å². The summed E-state index contributed by atoms with van der Waals surface area (Å²) >= 11 is 2.37. The van der Waals surface area contributed by atoms with Gasteiger partial charge in [0.15, 0.2) is 0 Å². The average Bonchev–Trinajstić information content (AvgIpc) is 2.89. The van der Waals surface area contributed by atoms with Gasteiger partial charge in [0.2, 0.25) is 0 Å². The number of hydrogen-bond acceptors (Lipinski definition) is 2. The topological polar surface area (TPSA) is 28.4 Å². The molecule has 1 saturated heterocycles. The predicted molar refractivity (Wildman–Crippen MR) is 108 cm³/mol. The van der Waals surface area contributed by atoms with Crippen LogP contribution in [0.5, 0.6) is 0 Å². The molecule has 0 saturated carbocycles.